The molecule has 18 heavy (non-hydrogen) atoms. The lowest BCUT2D eigenvalue weighted by Gasteiger charge is -2.25. The molecule has 0 radical (unpaired) electrons. The Balaban J connectivity index is 1.46. The van der Waals surface area contributed by atoms with E-state index in [4.69, 9.17) is 0 Å². The summed E-state index contributed by atoms with van der Waals surface area (Å²) >= 11 is 3.56. The molecule has 2 aliphatic carbocycles. The average molecular weight is 308 g/mol. The summed E-state index contributed by atoms with van der Waals surface area (Å²) in [5, 5.41) is 3.75. The maximum absolute atomic E-state index is 3.75. The lowest BCUT2D eigenvalue weighted by molar-refractivity contribution is 0.446. The molecule has 98 valence electrons. The Morgan fingerprint density at radius 1 is 1.17 bits per heavy atom. The zero-order chi connectivity index (χ0) is 12.4. The van der Waals surface area contributed by atoms with Crippen LogP contribution in [0.1, 0.15) is 43.2 Å². The molecule has 0 heterocycles. The Bertz CT molecular complexity index is 412. The van der Waals surface area contributed by atoms with Crippen LogP contribution in [0.3, 0.4) is 0 Å². The van der Waals surface area contributed by atoms with Gasteiger partial charge in [0.25, 0.3) is 0 Å². The van der Waals surface area contributed by atoms with Crippen LogP contribution in [0.5, 0.6) is 0 Å². The van der Waals surface area contributed by atoms with Crippen molar-refractivity contribution in [1.29, 1.82) is 0 Å². The number of rotatable bonds is 5. The van der Waals surface area contributed by atoms with Gasteiger partial charge < -0.3 is 5.32 Å². The second-order valence-corrected chi connectivity index (χ2v) is 6.81. The molecule has 2 aliphatic rings. The Hall–Kier alpha value is -0.340. The fourth-order valence-corrected chi connectivity index (χ4v) is 3.41. The zero-order valence-electron chi connectivity index (χ0n) is 10.9. The number of hydrogen-bond donors (Lipinski definition) is 1. The van der Waals surface area contributed by atoms with Crippen molar-refractivity contribution in [3.05, 3.63) is 33.8 Å². The molecule has 0 aromatic heterocycles. The van der Waals surface area contributed by atoms with Gasteiger partial charge in [-0.2, -0.15) is 0 Å². The summed E-state index contributed by atoms with van der Waals surface area (Å²) in [7, 11) is 0. The summed E-state index contributed by atoms with van der Waals surface area (Å²) in [4.78, 5) is 0. The van der Waals surface area contributed by atoms with Crippen LogP contribution >= 0.6 is 15.9 Å². The second kappa shape index (κ2) is 5.75. The molecule has 1 atom stereocenters. The summed E-state index contributed by atoms with van der Waals surface area (Å²) in [5.41, 5.74) is 3.09. The minimum atomic E-state index is 0.706. The quantitative estimate of drug-likeness (QED) is 0.808. The van der Waals surface area contributed by atoms with Crippen LogP contribution in [0.2, 0.25) is 0 Å². The highest BCUT2D eigenvalue weighted by molar-refractivity contribution is 9.10. The number of nitrogens with one attached hydrogen (secondary N) is 1. The van der Waals surface area contributed by atoms with Crippen LogP contribution in [-0.4, -0.2) is 12.6 Å². The van der Waals surface area contributed by atoms with Crippen LogP contribution in [0.4, 0.5) is 0 Å². The Morgan fingerprint density at radius 2 is 2.06 bits per heavy atom. The third kappa shape index (κ3) is 3.36. The van der Waals surface area contributed by atoms with Crippen molar-refractivity contribution in [3.8, 4) is 0 Å². The van der Waals surface area contributed by atoms with Gasteiger partial charge in [0, 0.05) is 10.5 Å². The van der Waals surface area contributed by atoms with Crippen molar-refractivity contribution < 1.29 is 0 Å². The van der Waals surface area contributed by atoms with E-state index in [1.165, 1.54) is 56.0 Å². The topological polar surface area (TPSA) is 12.0 Å². The Morgan fingerprint density at radius 3 is 2.89 bits per heavy atom. The molecule has 0 spiro atoms. The molecule has 1 nitrogen and oxygen atoms in total. The molecule has 1 unspecified atom stereocenters. The highest BCUT2D eigenvalue weighted by Crippen LogP contribution is 2.33. The number of benzene rings is 1. The largest absolute Gasteiger partial charge is 0.314 e. The first-order valence-electron chi connectivity index (χ1n) is 7.32. The molecule has 2 heteroatoms. The number of aryl methyl sites for hydroxylation is 1. The van der Waals surface area contributed by atoms with Crippen molar-refractivity contribution in [1.82, 2.24) is 5.32 Å². The van der Waals surface area contributed by atoms with E-state index >= 15 is 0 Å². The van der Waals surface area contributed by atoms with Crippen LogP contribution in [0.15, 0.2) is 22.7 Å². The highest BCUT2D eigenvalue weighted by Gasteiger charge is 2.21. The lowest BCUT2D eigenvalue weighted by Crippen LogP contribution is -2.35. The van der Waals surface area contributed by atoms with Gasteiger partial charge in [-0.15, -0.1) is 0 Å². The third-order valence-electron chi connectivity index (χ3n) is 4.32. The standard InChI is InChI=1S/C16H22BrN/c17-15-7-5-14-11-16(8-6-13(14)10-15)18-9-1-2-12-3-4-12/h5,7,10,12,16,18H,1-4,6,8-9,11H2. The molecule has 0 aliphatic heterocycles. The average Bonchev–Trinajstić information content (AvgIpc) is 3.19. The smallest absolute Gasteiger partial charge is 0.0178 e. The van der Waals surface area contributed by atoms with E-state index in [1.54, 1.807) is 11.1 Å². The Labute approximate surface area is 118 Å². The van der Waals surface area contributed by atoms with E-state index < -0.39 is 0 Å². The van der Waals surface area contributed by atoms with Gasteiger partial charge in [0.1, 0.15) is 0 Å². The molecule has 1 aromatic carbocycles. The maximum Gasteiger partial charge on any atom is 0.0178 e. The molecular weight excluding hydrogens is 286 g/mol. The van der Waals surface area contributed by atoms with Gasteiger partial charge in [0.15, 0.2) is 0 Å². The SMILES string of the molecule is Brc1ccc2c(c1)CCC(NCCCC1CC1)C2. The monoisotopic (exact) mass is 307 g/mol. The van der Waals surface area contributed by atoms with Gasteiger partial charge in [0.2, 0.25) is 0 Å². The minimum absolute atomic E-state index is 0.706. The van der Waals surface area contributed by atoms with E-state index in [0.717, 1.165) is 5.92 Å². The number of hydrogen-bond acceptors (Lipinski definition) is 1. The van der Waals surface area contributed by atoms with Crippen LogP contribution in [0.25, 0.3) is 0 Å². The van der Waals surface area contributed by atoms with E-state index in [1.807, 2.05) is 0 Å². The maximum atomic E-state index is 3.75. The zero-order valence-corrected chi connectivity index (χ0v) is 12.5. The number of fused-ring (bicyclic) bond motifs is 1. The van der Waals surface area contributed by atoms with Gasteiger partial charge in [-0.1, -0.05) is 34.8 Å². The summed E-state index contributed by atoms with van der Waals surface area (Å²) in [5.74, 6) is 1.08. The predicted octanol–water partition coefficient (Wildman–Crippen LogP) is 4.09. The minimum Gasteiger partial charge on any atom is -0.314 e. The fourth-order valence-electron chi connectivity index (χ4n) is 3.00. The molecular formula is C16H22BrN. The van der Waals surface area contributed by atoms with Crippen molar-refractivity contribution in [2.45, 2.75) is 51.0 Å². The molecule has 1 N–H and O–H groups in total. The first kappa shape index (κ1) is 12.7. The molecule has 0 saturated heterocycles. The first-order valence-corrected chi connectivity index (χ1v) is 8.11. The molecule has 0 bridgehead atoms. The molecule has 1 fully saturated rings. The predicted molar refractivity (Wildman–Crippen MR) is 79.9 cm³/mol. The number of halogens is 1. The van der Waals surface area contributed by atoms with Crippen molar-refractivity contribution in [3.63, 3.8) is 0 Å². The van der Waals surface area contributed by atoms with E-state index in [-0.39, 0.29) is 0 Å². The second-order valence-electron chi connectivity index (χ2n) is 5.89. The third-order valence-corrected chi connectivity index (χ3v) is 4.81. The van der Waals surface area contributed by atoms with Crippen LogP contribution < -0.4 is 5.32 Å². The molecule has 3 rings (SSSR count). The molecule has 1 aromatic rings. The first-order chi connectivity index (χ1) is 8.81. The summed E-state index contributed by atoms with van der Waals surface area (Å²) in [6.45, 7) is 1.22. The van der Waals surface area contributed by atoms with Gasteiger partial charge in [-0.25, -0.2) is 0 Å². The molecule has 1 saturated carbocycles. The molecule has 0 amide bonds. The highest BCUT2D eigenvalue weighted by atomic mass is 79.9. The van der Waals surface area contributed by atoms with E-state index in [0.29, 0.717) is 6.04 Å². The van der Waals surface area contributed by atoms with Crippen molar-refractivity contribution in [2.24, 2.45) is 5.92 Å². The van der Waals surface area contributed by atoms with Gasteiger partial charge in [0.05, 0.1) is 0 Å². The van der Waals surface area contributed by atoms with E-state index in [2.05, 4.69) is 39.4 Å². The van der Waals surface area contributed by atoms with Crippen molar-refractivity contribution in [2.75, 3.05) is 6.54 Å². The van der Waals surface area contributed by atoms with Crippen LogP contribution in [0, 0.1) is 5.92 Å². The Kier molecular flexibility index (Phi) is 4.05. The van der Waals surface area contributed by atoms with Gasteiger partial charge in [-0.3, -0.25) is 0 Å². The fraction of sp³-hybridized carbons (Fsp3) is 0.625. The van der Waals surface area contributed by atoms with Gasteiger partial charge >= 0.3 is 0 Å². The lowest BCUT2D eigenvalue weighted by atomic mass is 9.88. The summed E-state index contributed by atoms with van der Waals surface area (Å²) in [6, 6.07) is 7.46. The normalized spacial score (nSPS) is 22.8. The van der Waals surface area contributed by atoms with E-state index in [9.17, 15) is 0 Å². The van der Waals surface area contributed by atoms with Crippen molar-refractivity contribution >= 4 is 15.9 Å². The van der Waals surface area contributed by atoms with Gasteiger partial charge in [-0.05, 0) is 67.8 Å². The summed E-state index contributed by atoms with van der Waals surface area (Å²) in [6.07, 6.45) is 9.54. The van der Waals surface area contributed by atoms with Crippen LogP contribution in [-0.2, 0) is 12.8 Å². The summed E-state index contributed by atoms with van der Waals surface area (Å²) < 4.78 is 1.22.